The predicted molar refractivity (Wildman–Crippen MR) is 77.9 cm³/mol. The van der Waals surface area contributed by atoms with E-state index in [2.05, 4.69) is 25.5 Å². The summed E-state index contributed by atoms with van der Waals surface area (Å²) in [5.41, 5.74) is 0.440. The van der Waals surface area contributed by atoms with Crippen molar-refractivity contribution in [1.82, 2.24) is 20.2 Å². The van der Waals surface area contributed by atoms with Crippen LogP contribution in [0, 0.1) is 0 Å². The third-order valence-corrected chi connectivity index (χ3v) is 3.03. The van der Waals surface area contributed by atoms with Crippen molar-refractivity contribution in [3.8, 4) is 0 Å². The van der Waals surface area contributed by atoms with Gasteiger partial charge in [-0.2, -0.15) is 5.10 Å². The van der Waals surface area contributed by atoms with Crippen molar-refractivity contribution in [2.75, 3.05) is 5.32 Å². The molecule has 106 valence electrons. The zero-order valence-electron chi connectivity index (χ0n) is 11.1. The summed E-state index contributed by atoms with van der Waals surface area (Å²) >= 11 is 0. The van der Waals surface area contributed by atoms with E-state index in [0.29, 0.717) is 29.0 Å². The van der Waals surface area contributed by atoms with E-state index in [1.807, 2.05) is 6.07 Å². The number of fused-ring (bicyclic) bond motifs is 1. The van der Waals surface area contributed by atoms with Gasteiger partial charge in [-0.15, -0.1) is 0 Å². The molecule has 0 aliphatic heterocycles. The number of hydrogen-bond acceptors (Lipinski definition) is 4. The molecule has 0 bridgehead atoms. The van der Waals surface area contributed by atoms with Gasteiger partial charge in [0.05, 0.1) is 17.1 Å². The van der Waals surface area contributed by atoms with Crippen LogP contribution in [0.3, 0.4) is 0 Å². The molecule has 0 saturated heterocycles. The molecule has 0 saturated carbocycles. The van der Waals surface area contributed by atoms with Gasteiger partial charge in [-0.25, -0.2) is 4.98 Å². The van der Waals surface area contributed by atoms with Crippen LogP contribution in [0.4, 0.5) is 5.82 Å². The Bertz CT molecular complexity index is 823. The van der Waals surface area contributed by atoms with Gasteiger partial charge >= 0.3 is 0 Å². The second-order valence-corrected chi connectivity index (χ2v) is 4.55. The van der Waals surface area contributed by atoms with Crippen LogP contribution in [0.2, 0.25) is 0 Å². The highest BCUT2D eigenvalue weighted by Gasteiger charge is 2.07. The molecule has 0 atom stereocenters. The van der Waals surface area contributed by atoms with Gasteiger partial charge < -0.3 is 10.3 Å². The van der Waals surface area contributed by atoms with Crippen molar-refractivity contribution in [2.24, 2.45) is 0 Å². The average Bonchev–Trinajstić information content (AvgIpc) is 2.98. The first-order chi connectivity index (χ1) is 10.2. The fraction of sp³-hybridized carbons (Fsp3) is 0.143. The highest BCUT2D eigenvalue weighted by atomic mass is 16.1. The summed E-state index contributed by atoms with van der Waals surface area (Å²) in [6.45, 7) is 0. The Morgan fingerprint density at radius 3 is 2.90 bits per heavy atom. The maximum Gasteiger partial charge on any atom is 0.258 e. The Hall–Kier alpha value is -2.96. The van der Waals surface area contributed by atoms with E-state index in [1.165, 1.54) is 0 Å². The van der Waals surface area contributed by atoms with Crippen molar-refractivity contribution in [1.29, 1.82) is 0 Å². The number of para-hydroxylation sites is 1. The van der Waals surface area contributed by atoms with Gasteiger partial charge in [-0.1, -0.05) is 12.1 Å². The van der Waals surface area contributed by atoms with E-state index in [4.69, 9.17) is 0 Å². The van der Waals surface area contributed by atoms with Crippen molar-refractivity contribution < 1.29 is 4.79 Å². The van der Waals surface area contributed by atoms with Gasteiger partial charge in [-0.05, 0) is 12.1 Å². The molecule has 21 heavy (non-hydrogen) atoms. The minimum atomic E-state index is -0.190. The monoisotopic (exact) mass is 283 g/mol. The largest absolute Gasteiger partial charge is 0.311 e. The number of rotatable bonds is 4. The molecule has 1 aromatic carbocycles. The third kappa shape index (κ3) is 2.97. The smallest absolute Gasteiger partial charge is 0.258 e. The van der Waals surface area contributed by atoms with Crippen LogP contribution in [0.1, 0.15) is 12.2 Å². The molecule has 3 aromatic rings. The van der Waals surface area contributed by atoms with E-state index in [1.54, 1.807) is 30.5 Å². The van der Waals surface area contributed by atoms with Crippen LogP contribution < -0.4 is 10.9 Å². The molecule has 1 amide bonds. The third-order valence-electron chi connectivity index (χ3n) is 3.03. The lowest BCUT2D eigenvalue weighted by molar-refractivity contribution is -0.116. The van der Waals surface area contributed by atoms with Gasteiger partial charge in [0.15, 0.2) is 0 Å². The number of H-pyrrole nitrogens is 2. The van der Waals surface area contributed by atoms with Crippen LogP contribution in [-0.2, 0) is 11.2 Å². The Balaban J connectivity index is 1.70. The summed E-state index contributed by atoms with van der Waals surface area (Å²) in [7, 11) is 0. The number of nitrogens with zero attached hydrogens (tertiary/aromatic N) is 2. The number of aryl methyl sites for hydroxylation is 1. The highest BCUT2D eigenvalue weighted by Crippen LogP contribution is 2.07. The number of anilines is 1. The summed E-state index contributed by atoms with van der Waals surface area (Å²) < 4.78 is 0. The number of amides is 1. The Morgan fingerprint density at radius 1 is 1.24 bits per heavy atom. The van der Waals surface area contributed by atoms with E-state index >= 15 is 0 Å². The molecule has 0 radical (unpaired) electrons. The molecule has 0 aliphatic carbocycles. The summed E-state index contributed by atoms with van der Waals surface area (Å²) in [5, 5.41) is 9.60. The first-order valence-electron chi connectivity index (χ1n) is 6.49. The van der Waals surface area contributed by atoms with Crippen molar-refractivity contribution in [3.63, 3.8) is 0 Å². The molecule has 0 aliphatic rings. The lowest BCUT2D eigenvalue weighted by Crippen LogP contribution is -2.16. The number of carbonyl (C=O) groups is 1. The second-order valence-electron chi connectivity index (χ2n) is 4.55. The summed E-state index contributed by atoms with van der Waals surface area (Å²) in [5.74, 6) is 0.869. The number of aromatic nitrogens is 4. The lowest BCUT2D eigenvalue weighted by atomic mass is 10.2. The van der Waals surface area contributed by atoms with Gasteiger partial charge in [0.25, 0.3) is 5.56 Å². The van der Waals surface area contributed by atoms with Crippen LogP contribution in [0.5, 0.6) is 0 Å². The van der Waals surface area contributed by atoms with E-state index in [-0.39, 0.29) is 17.9 Å². The maximum absolute atomic E-state index is 11.9. The first-order valence-corrected chi connectivity index (χ1v) is 6.49. The molecule has 0 fully saturated rings. The first kappa shape index (κ1) is 13.0. The highest BCUT2D eigenvalue weighted by molar-refractivity contribution is 5.89. The molecule has 2 aromatic heterocycles. The zero-order valence-corrected chi connectivity index (χ0v) is 11.1. The molecule has 0 unspecified atom stereocenters. The molecule has 7 nitrogen and oxygen atoms in total. The van der Waals surface area contributed by atoms with Crippen molar-refractivity contribution in [3.05, 3.63) is 52.7 Å². The standard InChI is InChI=1S/C14H13N5O2/c20-13(17-12-7-8-15-19-12)6-5-11-16-10-4-2-1-3-9(10)14(21)18-11/h1-4,7-8H,5-6H2,(H,16,18,21)(H2,15,17,19,20). The van der Waals surface area contributed by atoms with Crippen LogP contribution in [-0.4, -0.2) is 26.1 Å². The van der Waals surface area contributed by atoms with Crippen molar-refractivity contribution in [2.45, 2.75) is 12.8 Å². The normalized spacial score (nSPS) is 10.7. The molecule has 3 N–H and O–H groups in total. The molecule has 2 heterocycles. The second kappa shape index (κ2) is 5.58. The molecular formula is C14H13N5O2. The van der Waals surface area contributed by atoms with Gasteiger partial charge in [-0.3, -0.25) is 14.7 Å². The fourth-order valence-corrected chi connectivity index (χ4v) is 2.02. The molecule has 7 heteroatoms. The predicted octanol–water partition coefficient (Wildman–Crippen LogP) is 1.22. The maximum atomic E-state index is 11.9. The van der Waals surface area contributed by atoms with Gasteiger partial charge in [0.2, 0.25) is 5.91 Å². The quantitative estimate of drug-likeness (QED) is 0.669. The Labute approximate surface area is 119 Å². The van der Waals surface area contributed by atoms with Crippen molar-refractivity contribution >= 4 is 22.6 Å². The van der Waals surface area contributed by atoms with Gasteiger partial charge in [0, 0.05) is 18.9 Å². The van der Waals surface area contributed by atoms with Crippen LogP contribution in [0.15, 0.2) is 41.3 Å². The fourth-order valence-electron chi connectivity index (χ4n) is 2.02. The van der Waals surface area contributed by atoms with E-state index in [0.717, 1.165) is 0 Å². The number of nitrogens with one attached hydrogen (secondary N) is 3. The Kier molecular flexibility index (Phi) is 3.46. The molecule has 3 rings (SSSR count). The summed E-state index contributed by atoms with van der Waals surface area (Å²) in [6.07, 6.45) is 2.14. The van der Waals surface area contributed by atoms with Crippen LogP contribution in [0.25, 0.3) is 10.9 Å². The minimum Gasteiger partial charge on any atom is -0.311 e. The van der Waals surface area contributed by atoms with Gasteiger partial charge in [0.1, 0.15) is 11.6 Å². The lowest BCUT2D eigenvalue weighted by Gasteiger charge is -2.03. The number of benzene rings is 1. The topological polar surface area (TPSA) is 104 Å². The molecular weight excluding hydrogens is 270 g/mol. The minimum absolute atomic E-state index is 0.171. The van der Waals surface area contributed by atoms with E-state index in [9.17, 15) is 9.59 Å². The number of carbonyl (C=O) groups excluding carboxylic acids is 1. The Morgan fingerprint density at radius 2 is 2.10 bits per heavy atom. The zero-order chi connectivity index (χ0) is 14.7. The summed E-state index contributed by atoms with van der Waals surface area (Å²) in [6, 6.07) is 8.77. The number of aromatic amines is 2. The molecule has 0 spiro atoms. The van der Waals surface area contributed by atoms with E-state index < -0.39 is 0 Å². The average molecular weight is 283 g/mol. The summed E-state index contributed by atoms with van der Waals surface area (Å²) in [4.78, 5) is 30.7. The number of hydrogen-bond donors (Lipinski definition) is 3. The SMILES string of the molecule is O=C(CCc1nc2ccccc2c(=O)[nH]1)Nc1ccn[nH]1. The van der Waals surface area contributed by atoms with Crippen LogP contribution >= 0.6 is 0 Å².